The molecule has 0 spiro atoms. The van der Waals surface area contributed by atoms with E-state index in [-0.39, 0.29) is 11.3 Å². The molecule has 8 nitrogen and oxygen atoms in total. The molecule has 0 atom stereocenters. The van der Waals surface area contributed by atoms with Crippen molar-refractivity contribution in [1.29, 1.82) is 0 Å². The van der Waals surface area contributed by atoms with Crippen LogP contribution in [0.15, 0.2) is 61.1 Å². The lowest BCUT2D eigenvalue weighted by atomic mass is 9.92. The minimum absolute atomic E-state index is 0.137. The Morgan fingerprint density at radius 2 is 1.88 bits per heavy atom. The maximum Gasteiger partial charge on any atom is 0.273 e. The number of carbonyl (C=O) groups is 1. The molecule has 0 bridgehead atoms. The van der Waals surface area contributed by atoms with Gasteiger partial charge in [0.2, 0.25) is 5.95 Å². The monoisotopic (exact) mass is 441 g/mol. The number of hydrogen-bond acceptors (Lipinski definition) is 6. The second-order valence-electron chi connectivity index (χ2n) is 8.90. The van der Waals surface area contributed by atoms with E-state index in [1.54, 1.807) is 30.3 Å². The smallest absolute Gasteiger partial charge is 0.273 e. The van der Waals surface area contributed by atoms with Gasteiger partial charge in [0.25, 0.3) is 5.91 Å². The molecule has 4 aromatic rings. The van der Waals surface area contributed by atoms with Gasteiger partial charge in [-0.3, -0.25) is 14.5 Å². The summed E-state index contributed by atoms with van der Waals surface area (Å²) < 4.78 is 1.61. The quantitative estimate of drug-likeness (QED) is 0.458. The van der Waals surface area contributed by atoms with E-state index in [2.05, 4.69) is 51.5 Å². The zero-order valence-corrected chi connectivity index (χ0v) is 19.4. The molecule has 0 fully saturated rings. The van der Waals surface area contributed by atoms with E-state index in [1.165, 1.54) is 0 Å². The zero-order valence-electron chi connectivity index (χ0n) is 19.4. The van der Waals surface area contributed by atoms with Crippen LogP contribution in [0.3, 0.4) is 0 Å². The fraction of sp³-hybridized carbons (Fsp3) is 0.240. The van der Waals surface area contributed by atoms with Gasteiger partial charge in [0.05, 0.1) is 11.4 Å². The van der Waals surface area contributed by atoms with Gasteiger partial charge in [-0.25, -0.2) is 9.97 Å². The lowest BCUT2D eigenvalue weighted by Gasteiger charge is -2.13. The molecule has 0 aliphatic rings. The zero-order chi connectivity index (χ0) is 23.6. The van der Waals surface area contributed by atoms with E-state index in [9.17, 15) is 4.79 Å². The second kappa shape index (κ2) is 8.82. The van der Waals surface area contributed by atoms with Gasteiger partial charge in [0, 0.05) is 48.0 Å². The van der Waals surface area contributed by atoms with Crippen molar-refractivity contribution in [2.45, 2.75) is 33.1 Å². The number of carbonyl (C=O) groups excluding carboxylic acids is 1. The normalized spacial score (nSPS) is 11.3. The van der Waals surface area contributed by atoms with Crippen molar-refractivity contribution in [3.63, 3.8) is 0 Å². The first-order valence-electron chi connectivity index (χ1n) is 10.7. The van der Waals surface area contributed by atoms with Crippen LogP contribution in [0.2, 0.25) is 0 Å². The Morgan fingerprint density at radius 3 is 2.58 bits per heavy atom. The average molecular weight is 442 g/mol. The largest absolute Gasteiger partial charge is 0.324 e. The summed E-state index contributed by atoms with van der Waals surface area (Å²) in [6, 6.07) is 13.2. The Balaban J connectivity index is 1.54. The van der Waals surface area contributed by atoms with Crippen molar-refractivity contribution in [3.05, 3.63) is 78.0 Å². The number of nitrogens with zero attached hydrogens (tertiary/aromatic N) is 5. The van der Waals surface area contributed by atoms with Crippen molar-refractivity contribution < 1.29 is 4.79 Å². The Bertz CT molecular complexity index is 1290. The Kier molecular flexibility index (Phi) is 5.91. The summed E-state index contributed by atoms with van der Waals surface area (Å²) in [5.74, 6) is 0.245. The van der Waals surface area contributed by atoms with Gasteiger partial charge >= 0.3 is 0 Å². The Labute approximate surface area is 193 Å². The molecule has 4 rings (SSSR count). The second-order valence-corrected chi connectivity index (χ2v) is 8.90. The molecule has 8 heteroatoms. The fourth-order valence-corrected chi connectivity index (χ4v) is 3.29. The van der Waals surface area contributed by atoms with Crippen LogP contribution in [0.5, 0.6) is 0 Å². The van der Waals surface area contributed by atoms with Gasteiger partial charge < -0.3 is 10.6 Å². The van der Waals surface area contributed by atoms with Crippen LogP contribution in [0.4, 0.5) is 17.3 Å². The number of pyridine rings is 1. The van der Waals surface area contributed by atoms with Gasteiger partial charge in [-0.15, -0.1) is 0 Å². The lowest BCUT2D eigenvalue weighted by molar-refractivity contribution is 0.101. The molecule has 1 aromatic carbocycles. The van der Waals surface area contributed by atoms with E-state index in [4.69, 9.17) is 0 Å². The molecule has 168 valence electrons. The summed E-state index contributed by atoms with van der Waals surface area (Å²) >= 11 is 0. The molecule has 1 amide bonds. The van der Waals surface area contributed by atoms with E-state index >= 15 is 0 Å². The summed E-state index contributed by atoms with van der Waals surface area (Å²) in [4.78, 5) is 26.0. The number of rotatable bonds is 5. The highest BCUT2D eigenvalue weighted by atomic mass is 16.2. The first-order chi connectivity index (χ1) is 15.7. The number of amides is 1. The molecule has 0 aliphatic heterocycles. The Hall–Kier alpha value is -4.07. The third-order valence-corrected chi connectivity index (χ3v) is 5.24. The van der Waals surface area contributed by atoms with E-state index < -0.39 is 0 Å². The number of nitrogens with one attached hydrogen (secondary N) is 2. The van der Waals surface area contributed by atoms with Crippen molar-refractivity contribution >= 4 is 23.2 Å². The van der Waals surface area contributed by atoms with Crippen molar-refractivity contribution in [3.8, 4) is 11.3 Å². The molecule has 3 aromatic heterocycles. The number of aromatic nitrogens is 5. The SMILES string of the molecule is Cc1ccc(NC(=O)c2cc(C(C)(C)C)nn2C)cc1Nc1nccc(-c2cccnc2)n1. The standard InChI is InChI=1S/C25H27N7O/c1-16-8-9-18(28-23(33)21-14-22(25(2,3)4)31-32(21)5)13-20(16)30-24-27-12-10-19(29-24)17-7-6-11-26-15-17/h6-15H,1-5H3,(H,28,33)(H,27,29,30). The van der Waals surface area contributed by atoms with Gasteiger partial charge in [-0.1, -0.05) is 26.8 Å². The minimum Gasteiger partial charge on any atom is -0.324 e. The number of anilines is 3. The molecule has 3 heterocycles. The van der Waals surface area contributed by atoms with Gasteiger partial charge in [-0.2, -0.15) is 5.10 Å². The van der Waals surface area contributed by atoms with Crippen LogP contribution in [0.25, 0.3) is 11.3 Å². The highest BCUT2D eigenvalue weighted by molar-refractivity contribution is 6.03. The average Bonchev–Trinajstić information content (AvgIpc) is 3.19. The van der Waals surface area contributed by atoms with Crippen LogP contribution >= 0.6 is 0 Å². The van der Waals surface area contributed by atoms with E-state index in [0.717, 1.165) is 28.2 Å². The van der Waals surface area contributed by atoms with E-state index in [0.29, 0.717) is 17.3 Å². The summed E-state index contributed by atoms with van der Waals surface area (Å²) in [7, 11) is 1.78. The predicted molar refractivity (Wildman–Crippen MR) is 130 cm³/mol. The van der Waals surface area contributed by atoms with Gasteiger partial charge in [0.15, 0.2) is 0 Å². The van der Waals surface area contributed by atoms with Crippen LogP contribution in [-0.4, -0.2) is 30.6 Å². The summed E-state index contributed by atoms with van der Waals surface area (Å²) in [5, 5.41) is 10.7. The number of aryl methyl sites for hydroxylation is 2. The van der Waals surface area contributed by atoms with Crippen molar-refractivity contribution in [2.75, 3.05) is 10.6 Å². The summed E-state index contributed by atoms with van der Waals surface area (Å²) in [6.07, 6.45) is 5.19. The fourth-order valence-electron chi connectivity index (χ4n) is 3.29. The molecule has 0 radical (unpaired) electrons. The third kappa shape index (κ3) is 5.06. The highest BCUT2D eigenvalue weighted by Crippen LogP contribution is 2.25. The first-order valence-corrected chi connectivity index (χ1v) is 10.7. The molecule has 33 heavy (non-hydrogen) atoms. The van der Waals surface area contributed by atoms with Crippen LogP contribution < -0.4 is 10.6 Å². The predicted octanol–water partition coefficient (Wildman–Crippen LogP) is 4.87. The topological polar surface area (TPSA) is 97.6 Å². The molecule has 0 saturated carbocycles. The lowest BCUT2D eigenvalue weighted by Crippen LogP contribution is -2.16. The summed E-state index contributed by atoms with van der Waals surface area (Å²) in [6.45, 7) is 8.19. The van der Waals surface area contributed by atoms with E-state index in [1.807, 2.05) is 49.4 Å². The Morgan fingerprint density at radius 1 is 1.06 bits per heavy atom. The maximum absolute atomic E-state index is 12.9. The molecular formula is C25H27N7O. The molecule has 0 unspecified atom stereocenters. The third-order valence-electron chi connectivity index (χ3n) is 5.24. The molecule has 2 N–H and O–H groups in total. The molecular weight excluding hydrogens is 414 g/mol. The minimum atomic E-state index is -0.217. The highest BCUT2D eigenvalue weighted by Gasteiger charge is 2.22. The van der Waals surface area contributed by atoms with Gasteiger partial charge in [-0.05, 0) is 48.9 Å². The van der Waals surface area contributed by atoms with Crippen LogP contribution in [-0.2, 0) is 12.5 Å². The van der Waals surface area contributed by atoms with Crippen LogP contribution in [0.1, 0.15) is 42.5 Å². The molecule has 0 aliphatic carbocycles. The first kappa shape index (κ1) is 22.1. The summed E-state index contributed by atoms with van der Waals surface area (Å²) in [5.41, 5.74) is 5.38. The van der Waals surface area contributed by atoms with Gasteiger partial charge in [0.1, 0.15) is 5.69 Å². The maximum atomic E-state index is 12.9. The van der Waals surface area contributed by atoms with Crippen molar-refractivity contribution in [2.24, 2.45) is 7.05 Å². The van der Waals surface area contributed by atoms with Crippen LogP contribution in [0, 0.1) is 6.92 Å². The molecule has 0 saturated heterocycles. The number of hydrogen-bond donors (Lipinski definition) is 2. The number of benzene rings is 1. The van der Waals surface area contributed by atoms with Crippen molar-refractivity contribution in [1.82, 2.24) is 24.7 Å².